The largest absolute Gasteiger partial charge is 0.459 e. The van der Waals surface area contributed by atoms with Crippen molar-refractivity contribution < 1.29 is 14.0 Å². The van der Waals surface area contributed by atoms with Gasteiger partial charge in [0.2, 0.25) is 11.8 Å². The summed E-state index contributed by atoms with van der Waals surface area (Å²) in [7, 11) is 1.72. The van der Waals surface area contributed by atoms with Crippen molar-refractivity contribution in [3.8, 4) is 0 Å². The SMILES string of the molecule is Cc1c(CN(C)C(=O)C=Cc2cnc3c(c2)NCCC(=O)N3)oc2cccc(N)c12. The topological polar surface area (TPSA) is 113 Å². The summed E-state index contributed by atoms with van der Waals surface area (Å²) >= 11 is 0. The van der Waals surface area contributed by atoms with E-state index in [1.807, 2.05) is 31.2 Å². The van der Waals surface area contributed by atoms with Gasteiger partial charge >= 0.3 is 0 Å². The second-order valence-corrected chi connectivity index (χ2v) is 7.29. The summed E-state index contributed by atoms with van der Waals surface area (Å²) in [6.45, 7) is 2.81. The Morgan fingerprint density at radius 1 is 1.40 bits per heavy atom. The van der Waals surface area contributed by atoms with Crippen molar-refractivity contribution in [2.75, 3.05) is 30.0 Å². The van der Waals surface area contributed by atoms with Gasteiger partial charge in [-0.1, -0.05) is 6.07 Å². The molecule has 0 radical (unpaired) electrons. The fraction of sp³-hybridized carbons (Fsp3) is 0.227. The molecule has 8 heteroatoms. The number of nitrogens with two attached hydrogens (primary N) is 1. The molecule has 2 amide bonds. The number of nitrogens with one attached hydrogen (secondary N) is 2. The van der Waals surface area contributed by atoms with Crippen LogP contribution >= 0.6 is 0 Å². The first kappa shape index (κ1) is 19.5. The normalized spacial score (nSPS) is 13.6. The predicted octanol–water partition coefficient (Wildman–Crippen LogP) is 3.14. The maximum absolute atomic E-state index is 12.6. The maximum Gasteiger partial charge on any atom is 0.246 e. The van der Waals surface area contributed by atoms with Gasteiger partial charge in [-0.25, -0.2) is 4.98 Å². The van der Waals surface area contributed by atoms with Gasteiger partial charge < -0.3 is 25.7 Å². The number of nitrogen functional groups attached to an aromatic ring is 1. The molecule has 154 valence electrons. The number of hydrogen-bond acceptors (Lipinski definition) is 6. The number of carbonyl (C=O) groups is 2. The van der Waals surface area contributed by atoms with Crippen molar-refractivity contribution >= 4 is 46.1 Å². The first-order chi connectivity index (χ1) is 14.4. The summed E-state index contributed by atoms with van der Waals surface area (Å²) in [5.41, 5.74) is 9.86. The average Bonchev–Trinajstić information content (AvgIpc) is 2.91. The average molecular weight is 405 g/mol. The summed E-state index contributed by atoms with van der Waals surface area (Å²) < 4.78 is 5.90. The lowest BCUT2D eigenvalue weighted by atomic mass is 10.1. The lowest BCUT2D eigenvalue weighted by molar-refractivity contribution is -0.125. The van der Waals surface area contributed by atoms with Crippen LogP contribution in [-0.2, 0) is 16.1 Å². The summed E-state index contributed by atoms with van der Waals surface area (Å²) in [6.07, 6.45) is 5.19. The van der Waals surface area contributed by atoms with Gasteiger partial charge in [-0.15, -0.1) is 0 Å². The molecule has 4 rings (SSSR count). The molecule has 0 atom stereocenters. The number of furan rings is 1. The zero-order valence-electron chi connectivity index (χ0n) is 16.9. The quantitative estimate of drug-likeness (QED) is 0.454. The first-order valence-corrected chi connectivity index (χ1v) is 9.66. The third-order valence-electron chi connectivity index (χ3n) is 5.09. The molecule has 0 saturated heterocycles. The minimum absolute atomic E-state index is 0.0727. The van der Waals surface area contributed by atoms with E-state index in [9.17, 15) is 9.59 Å². The van der Waals surface area contributed by atoms with Crippen molar-refractivity contribution in [2.45, 2.75) is 19.9 Å². The number of carbonyl (C=O) groups excluding carboxylic acids is 2. The van der Waals surface area contributed by atoms with E-state index < -0.39 is 0 Å². The Kier molecular flexibility index (Phi) is 5.14. The number of amides is 2. The fourth-order valence-corrected chi connectivity index (χ4v) is 3.43. The van der Waals surface area contributed by atoms with Crippen LogP contribution in [-0.4, -0.2) is 35.3 Å². The van der Waals surface area contributed by atoms with E-state index in [0.717, 1.165) is 27.8 Å². The van der Waals surface area contributed by atoms with Gasteiger partial charge in [0.1, 0.15) is 11.3 Å². The Balaban J connectivity index is 1.47. The van der Waals surface area contributed by atoms with Crippen LogP contribution in [0.1, 0.15) is 23.3 Å². The smallest absolute Gasteiger partial charge is 0.246 e. The highest BCUT2D eigenvalue weighted by molar-refractivity contribution is 5.96. The number of rotatable bonds is 4. The second-order valence-electron chi connectivity index (χ2n) is 7.29. The van der Waals surface area contributed by atoms with Gasteiger partial charge in [-0.05, 0) is 36.8 Å². The molecule has 0 aliphatic carbocycles. The van der Waals surface area contributed by atoms with E-state index in [1.54, 1.807) is 24.2 Å². The number of fused-ring (bicyclic) bond motifs is 2. The lowest BCUT2D eigenvalue weighted by Crippen LogP contribution is -2.24. The Labute approximate surface area is 173 Å². The zero-order valence-corrected chi connectivity index (χ0v) is 16.9. The van der Waals surface area contributed by atoms with Crippen LogP contribution < -0.4 is 16.4 Å². The minimum Gasteiger partial charge on any atom is -0.459 e. The molecule has 8 nitrogen and oxygen atoms in total. The molecule has 3 aromatic rings. The maximum atomic E-state index is 12.6. The van der Waals surface area contributed by atoms with Crippen LogP contribution in [0.15, 0.2) is 41.0 Å². The Morgan fingerprint density at radius 3 is 3.03 bits per heavy atom. The Hall–Kier alpha value is -3.81. The number of aryl methyl sites for hydroxylation is 1. The number of pyridine rings is 1. The highest BCUT2D eigenvalue weighted by Crippen LogP contribution is 2.30. The fourth-order valence-electron chi connectivity index (χ4n) is 3.43. The van der Waals surface area contributed by atoms with Gasteiger partial charge in [0.15, 0.2) is 5.82 Å². The molecule has 0 spiro atoms. The number of anilines is 3. The van der Waals surface area contributed by atoms with Gasteiger partial charge in [0, 0.05) is 48.9 Å². The van der Waals surface area contributed by atoms with Gasteiger partial charge in [-0.2, -0.15) is 0 Å². The van der Waals surface area contributed by atoms with Crippen LogP contribution in [0.25, 0.3) is 17.0 Å². The molecule has 30 heavy (non-hydrogen) atoms. The highest BCUT2D eigenvalue weighted by atomic mass is 16.3. The molecule has 2 aromatic heterocycles. The molecule has 0 saturated carbocycles. The Morgan fingerprint density at radius 2 is 2.23 bits per heavy atom. The van der Waals surface area contributed by atoms with E-state index in [0.29, 0.717) is 36.8 Å². The summed E-state index contributed by atoms with van der Waals surface area (Å²) in [5.74, 6) is 0.965. The number of benzene rings is 1. The molecular formula is C22H23N5O3. The number of likely N-dealkylation sites (N-methyl/N-ethyl adjacent to an activating group) is 1. The second kappa shape index (κ2) is 7.90. The summed E-state index contributed by atoms with van der Waals surface area (Å²) in [4.78, 5) is 30.0. The molecule has 1 aliphatic rings. The van der Waals surface area contributed by atoms with E-state index in [1.165, 1.54) is 6.08 Å². The number of hydrogen-bond donors (Lipinski definition) is 3. The third-order valence-corrected chi connectivity index (χ3v) is 5.09. The van der Waals surface area contributed by atoms with Crippen LogP contribution in [0, 0.1) is 6.92 Å². The molecule has 0 unspecified atom stereocenters. The standard InChI is InChI=1S/C22H23N5O3/c1-13-18(30-17-5-3-4-15(23)21(13)17)12-27(2)20(29)7-6-14-10-16-22(25-11-14)26-19(28)8-9-24-16/h3-7,10-11,24H,8-9,12,23H2,1-2H3,(H,25,26,28). The van der Waals surface area contributed by atoms with Crippen molar-refractivity contribution in [3.05, 3.63) is 53.4 Å². The molecule has 4 N–H and O–H groups in total. The van der Waals surface area contributed by atoms with Crippen LogP contribution in [0.3, 0.4) is 0 Å². The van der Waals surface area contributed by atoms with E-state index >= 15 is 0 Å². The number of aromatic nitrogens is 1. The molecular weight excluding hydrogens is 382 g/mol. The van der Waals surface area contributed by atoms with Gasteiger partial charge in [-0.3, -0.25) is 9.59 Å². The lowest BCUT2D eigenvalue weighted by Gasteiger charge is -2.14. The summed E-state index contributed by atoms with van der Waals surface area (Å²) in [6, 6.07) is 7.40. The molecule has 3 heterocycles. The van der Waals surface area contributed by atoms with Gasteiger partial charge in [0.25, 0.3) is 0 Å². The van der Waals surface area contributed by atoms with Crippen molar-refractivity contribution in [2.24, 2.45) is 0 Å². The highest BCUT2D eigenvalue weighted by Gasteiger charge is 2.16. The predicted molar refractivity (Wildman–Crippen MR) is 117 cm³/mol. The van der Waals surface area contributed by atoms with Crippen LogP contribution in [0.5, 0.6) is 0 Å². The number of nitrogens with zero attached hydrogens (tertiary/aromatic N) is 2. The Bertz CT molecular complexity index is 1170. The monoisotopic (exact) mass is 405 g/mol. The van der Waals surface area contributed by atoms with E-state index in [2.05, 4.69) is 15.6 Å². The van der Waals surface area contributed by atoms with Crippen LogP contribution in [0.2, 0.25) is 0 Å². The van der Waals surface area contributed by atoms with Crippen molar-refractivity contribution in [3.63, 3.8) is 0 Å². The third kappa shape index (κ3) is 3.84. The molecule has 1 aliphatic heterocycles. The van der Waals surface area contributed by atoms with E-state index in [-0.39, 0.29) is 11.8 Å². The molecule has 1 aromatic carbocycles. The van der Waals surface area contributed by atoms with Crippen molar-refractivity contribution in [1.29, 1.82) is 0 Å². The summed E-state index contributed by atoms with van der Waals surface area (Å²) in [5, 5.41) is 6.80. The molecule has 0 bridgehead atoms. The van der Waals surface area contributed by atoms with Crippen molar-refractivity contribution in [1.82, 2.24) is 9.88 Å². The van der Waals surface area contributed by atoms with Crippen LogP contribution in [0.4, 0.5) is 17.2 Å². The molecule has 0 fully saturated rings. The van der Waals surface area contributed by atoms with E-state index in [4.69, 9.17) is 10.2 Å². The zero-order chi connectivity index (χ0) is 21.3. The minimum atomic E-state index is -0.168. The van der Waals surface area contributed by atoms with Gasteiger partial charge in [0.05, 0.1) is 12.2 Å². The first-order valence-electron chi connectivity index (χ1n) is 9.66.